The van der Waals surface area contributed by atoms with Crippen LogP contribution in [0.5, 0.6) is 0 Å². The maximum atomic E-state index is 12.3. The zero-order valence-electron chi connectivity index (χ0n) is 11.6. The van der Waals surface area contributed by atoms with Crippen LogP contribution in [0, 0.1) is 0 Å². The van der Waals surface area contributed by atoms with Gasteiger partial charge in [0.05, 0.1) is 23.9 Å². The third-order valence-corrected chi connectivity index (χ3v) is 4.46. The van der Waals surface area contributed by atoms with Gasteiger partial charge < -0.3 is 4.55 Å². The quantitative estimate of drug-likeness (QED) is 0.748. The molecule has 2 atom stereocenters. The van der Waals surface area contributed by atoms with E-state index in [9.17, 15) is 4.55 Å². The Balaban J connectivity index is 2.21. The fourth-order valence-corrected chi connectivity index (χ4v) is 3.01. The summed E-state index contributed by atoms with van der Waals surface area (Å²) < 4.78 is 14.2. The predicted octanol–water partition coefficient (Wildman–Crippen LogP) is 4.06. The highest BCUT2D eigenvalue weighted by atomic mass is 32.2. The molecular formula is C17H19NOS. The second kappa shape index (κ2) is 7.29. The lowest BCUT2D eigenvalue weighted by Gasteiger charge is -2.28. The van der Waals surface area contributed by atoms with E-state index in [0.717, 1.165) is 11.1 Å². The van der Waals surface area contributed by atoms with Gasteiger partial charge in [-0.05, 0) is 24.6 Å². The minimum Gasteiger partial charge on any atom is -0.593 e. The van der Waals surface area contributed by atoms with Crippen molar-refractivity contribution in [3.63, 3.8) is 0 Å². The Morgan fingerprint density at radius 3 is 2.20 bits per heavy atom. The topological polar surface area (TPSA) is 26.3 Å². The minimum absolute atomic E-state index is 0.0650. The maximum Gasteiger partial charge on any atom is 0.131 e. The van der Waals surface area contributed by atoms with Gasteiger partial charge in [0.25, 0.3) is 0 Å². The molecule has 2 nitrogen and oxygen atoms in total. The zero-order valence-corrected chi connectivity index (χ0v) is 12.4. The third-order valence-electron chi connectivity index (χ3n) is 3.27. The highest BCUT2D eigenvalue weighted by Crippen LogP contribution is 2.25. The van der Waals surface area contributed by atoms with Gasteiger partial charge in [0, 0.05) is 0 Å². The second-order valence-corrected chi connectivity index (χ2v) is 5.94. The van der Waals surface area contributed by atoms with Crippen LogP contribution in [0.25, 0.3) is 0 Å². The molecule has 1 unspecified atom stereocenters. The Hall–Kier alpha value is -1.55. The van der Waals surface area contributed by atoms with E-state index >= 15 is 0 Å². The molecule has 0 aliphatic carbocycles. The van der Waals surface area contributed by atoms with Gasteiger partial charge in [0.2, 0.25) is 0 Å². The van der Waals surface area contributed by atoms with E-state index in [4.69, 9.17) is 0 Å². The number of hydrogen-bond donors (Lipinski definition) is 0. The first-order valence-corrected chi connectivity index (χ1v) is 7.78. The number of rotatable bonds is 6. The molecule has 2 aromatic rings. The van der Waals surface area contributed by atoms with Crippen molar-refractivity contribution >= 4 is 11.4 Å². The molecule has 0 saturated heterocycles. The molecule has 0 amide bonds. The van der Waals surface area contributed by atoms with Crippen LogP contribution in [-0.2, 0) is 17.9 Å². The van der Waals surface area contributed by atoms with Gasteiger partial charge in [-0.2, -0.15) is 0 Å². The Morgan fingerprint density at radius 2 is 1.65 bits per heavy atom. The molecule has 0 spiro atoms. The highest BCUT2D eigenvalue weighted by molar-refractivity contribution is 7.91. The molecular weight excluding hydrogens is 266 g/mol. The van der Waals surface area contributed by atoms with Crippen LogP contribution in [-0.4, -0.2) is 8.86 Å². The lowest BCUT2D eigenvalue weighted by Crippen LogP contribution is -2.31. The lowest BCUT2D eigenvalue weighted by atomic mass is 10.1. The summed E-state index contributed by atoms with van der Waals surface area (Å²) in [4.78, 5) is 0. The van der Waals surface area contributed by atoms with Crippen molar-refractivity contribution in [2.24, 2.45) is 0 Å². The van der Waals surface area contributed by atoms with Crippen molar-refractivity contribution in [2.45, 2.75) is 19.5 Å². The van der Waals surface area contributed by atoms with Crippen LogP contribution in [0.4, 0.5) is 0 Å². The van der Waals surface area contributed by atoms with Crippen LogP contribution in [0.15, 0.2) is 72.7 Å². The maximum absolute atomic E-state index is 12.3. The Morgan fingerprint density at radius 1 is 1.10 bits per heavy atom. The molecule has 0 aliphatic heterocycles. The normalized spacial score (nSPS) is 13.9. The molecule has 0 heterocycles. The highest BCUT2D eigenvalue weighted by Gasteiger charge is 2.25. The van der Waals surface area contributed by atoms with Gasteiger partial charge in [-0.1, -0.05) is 60.7 Å². The fourth-order valence-electron chi connectivity index (χ4n) is 2.11. The molecule has 104 valence electrons. The van der Waals surface area contributed by atoms with E-state index in [0.29, 0.717) is 6.54 Å². The molecule has 0 radical (unpaired) electrons. The van der Waals surface area contributed by atoms with Crippen molar-refractivity contribution in [1.82, 2.24) is 4.31 Å². The van der Waals surface area contributed by atoms with Gasteiger partial charge >= 0.3 is 0 Å². The van der Waals surface area contributed by atoms with Crippen LogP contribution < -0.4 is 0 Å². The summed E-state index contributed by atoms with van der Waals surface area (Å²) in [6.45, 7) is 6.36. The van der Waals surface area contributed by atoms with Crippen molar-refractivity contribution in [2.75, 3.05) is 0 Å². The SMILES string of the molecule is C=C[S+]([O-])N(Cc1ccccc1)[C@H](C)c1ccccc1. The molecule has 0 aliphatic rings. The van der Waals surface area contributed by atoms with E-state index in [1.54, 1.807) is 0 Å². The minimum atomic E-state index is -1.20. The molecule has 0 bridgehead atoms. The lowest BCUT2D eigenvalue weighted by molar-refractivity contribution is 0.340. The summed E-state index contributed by atoms with van der Waals surface area (Å²) in [5.74, 6) is 0. The van der Waals surface area contributed by atoms with Crippen LogP contribution in [0.3, 0.4) is 0 Å². The predicted molar refractivity (Wildman–Crippen MR) is 85.2 cm³/mol. The smallest absolute Gasteiger partial charge is 0.131 e. The van der Waals surface area contributed by atoms with Crippen LogP contribution >= 0.6 is 0 Å². The second-order valence-electron chi connectivity index (χ2n) is 4.59. The van der Waals surface area contributed by atoms with Gasteiger partial charge in [0.1, 0.15) is 5.41 Å². The van der Waals surface area contributed by atoms with Crippen molar-refractivity contribution in [1.29, 1.82) is 0 Å². The largest absolute Gasteiger partial charge is 0.593 e. The summed E-state index contributed by atoms with van der Waals surface area (Å²) in [6, 6.07) is 20.3. The summed E-state index contributed by atoms with van der Waals surface area (Å²) in [7, 11) is 0. The van der Waals surface area contributed by atoms with E-state index in [1.807, 2.05) is 52.8 Å². The van der Waals surface area contributed by atoms with Gasteiger partial charge in [0.15, 0.2) is 0 Å². The summed E-state index contributed by atoms with van der Waals surface area (Å²) in [5, 5.41) is 1.49. The van der Waals surface area contributed by atoms with E-state index < -0.39 is 11.4 Å². The van der Waals surface area contributed by atoms with E-state index in [1.165, 1.54) is 5.41 Å². The van der Waals surface area contributed by atoms with E-state index in [-0.39, 0.29) is 6.04 Å². The van der Waals surface area contributed by atoms with Crippen molar-refractivity contribution < 1.29 is 4.55 Å². The fraction of sp³-hybridized carbons (Fsp3) is 0.176. The summed E-state index contributed by atoms with van der Waals surface area (Å²) in [6.07, 6.45) is 0. The van der Waals surface area contributed by atoms with E-state index in [2.05, 4.69) is 25.6 Å². The number of benzene rings is 2. The first kappa shape index (κ1) is 14.9. The molecule has 0 aromatic heterocycles. The average molecular weight is 285 g/mol. The Labute approximate surface area is 124 Å². The average Bonchev–Trinajstić information content (AvgIpc) is 2.53. The molecule has 0 fully saturated rings. The molecule has 2 aromatic carbocycles. The standard InChI is InChI=1S/C17H19NOS/c1-3-20(19)18(14-16-10-6-4-7-11-16)15(2)17-12-8-5-9-13-17/h3-13,15H,1,14H2,2H3/t15-,20?/m1/s1. The first-order chi connectivity index (χ1) is 9.72. The van der Waals surface area contributed by atoms with Crippen molar-refractivity contribution in [3.8, 4) is 0 Å². The summed E-state index contributed by atoms with van der Waals surface area (Å²) in [5.41, 5.74) is 2.30. The Kier molecular flexibility index (Phi) is 5.41. The molecule has 20 heavy (non-hydrogen) atoms. The first-order valence-electron chi connectivity index (χ1n) is 6.61. The number of nitrogens with zero attached hydrogens (tertiary/aromatic N) is 1. The van der Waals surface area contributed by atoms with Crippen molar-refractivity contribution in [3.05, 3.63) is 83.8 Å². The van der Waals surface area contributed by atoms with Gasteiger partial charge in [-0.25, -0.2) is 0 Å². The molecule has 0 saturated carbocycles. The molecule has 2 rings (SSSR count). The Bertz CT molecular complexity index is 529. The third kappa shape index (κ3) is 3.73. The van der Waals surface area contributed by atoms with Gasteiger partial charge in [-0.3, -0.25) is 0 Å². The monoisotopic (exact) mass is 285 g/mol. The molecule has 0 N–H and O–H groups in total. The van der Waals surface area contributed by atoms with Gasteiger partial charge in [-0.15, -0.1) is 4.31 Å². The summed E-state index contributed by atoms with van der Waals surface area (Å²) >= 11 is -1.20. The molecule has 3 heteroatoms. The zero-order chi connectivity index (χ0) is 14.4. The van der Waals surface area contributed by atoms with Crippen LogP contribution in [0.1, 0.15) is 24.1 Å². The number of hydrogen-bond acceptors (Lipinski definition) is 2. The van der Waals surface area contributed by atoms with Crippen LogP contribution in [0.2, 0.25) is 0 Å².